The molecular weight excluding hydrogens is 234 g/mol. The first-order valence-electron chi connectivity index (χ1n) is 5.89. The molecule has 98 valence electrons. The second-order valence-corrected chi connectivity index (χ2v) is 4.23. The van der Waals surface area contributed by atoms with E-state index < -0.39 is 0 Å². The highest BCUT2D eigenvalue weighted by molar-refractivity contribution is 5.74. The Morgan fingerprint density at radius 3 is 2.61 bits per heavy atom. The fourth-order valence-electron chi connectivity index (χ4n) is 1.84. The summed E-state index contributed by atoms with van der Waals surface area (Å²) in [5, 5.41) is 20.8. The number of H-pyrrole nitrogens is 2. The molecule has 6 heteroatoms. The van der Waals surface area contributed by atoms with Crippen LogP contribution in [0.2, 0.25) is 0 Å². The normalized spacial score (nSPS) is 11.5. The minimum absolute atomic E-state index is 0.0827. The Morgan fingerprint density at radius 1 is 1.17 bits per heavy atom. The van der Waals surface area contributed by atoms with Gasteiger partial charge in [0.15, 0.2) is 0 Å². The van der Waals surface area contributed by atoms with Crippen molar-refractivity contribution < 1.29 is 10.2 Å². The molecule has 0 unspecified atom stereocenters. The van der Waals surface area contributed by atoms with Gasteiger partial charge in [-0.15, -0.1) is 0 Å². The van der Waals surface area contributed by atoms with Gasteiger partial charge < -0.3 is 25.5 Å². The summed E-state index contributed by atoms with van der Waals surface area (Å²) in [5.74, 6) is 0. The van der Waals surface area contributed by atoms with Gasteiger partial charge in [0.1, 0.15) is 0 Å². The van der Waals surface area contributed by atoms with Crippen molar-refractivity contribution in [3.63, 3.8) is 0 Å². The zero-order valence-corrected chi connectivity index (χ0v) is 9.94. The van der Waals surface area contributed by atoms with Gasteiger partial charge >= 0.3 is 5.69 Å². The number of aromatic amines is 2. The summed E-state index contributed by atoms with van der Waals surface area (Å²) in [6.45, 7) is 0.493. The van der Waals surface area contributed by atoms with Crippen LogP contribution in [0.5, 0.6) is 0 Å². The van der Waals surface area contributed by atoms with Crippen molar-refractivity contribution in [2.75, 3.05) is 19.8 Å². The molecule has 6 nitrogen and oxygen atoms in total. The molecule has 5 N–H and O–H groups in total. The van der Waals surface area contributed by atoms with Gasteiger partial charge in [0.05, 0.1) is 30.3 Å². The first-order chi connectivity index (χ1) is 8.72. The summed E-state index contributed by atoms with van der Waals surface area (Å²) in [6, 6.07) is 5.45. The highest BCUT2D eigenvalue weighted by atomic mass is 16.3. The molecule has 0 aliphatic rings. The lowest BCUT2D eigenvalue weighted by Gasteiger charge is -2.12. The summed E-state index contributed by atoms with van der Waals surface area (Å²) in [4.78, 5) is 16.5. The standard InChI is InChI=1S/C12H17N3O3/c16-6-9(7-17)13-4-3-8-1-2-10-11(5-8)15-12(18)14-10/h1-2,5,9,13,16-17H,3-4,6-7H2,(H2,14,15,18). The molecule has 0 spiro atoms. The molecule has 18 heavy (non-hydrogen) atoms. The lowest BCUT2D eigenvalue weighted by Crippen LogP contribution is -2.36. The molecule has 1 aromatic heterocycles. The third kappa shape index (κ3) is 2.98. The largest absolute Gasteiger partial charge is 0.395 e. The van der Waals surface area contributed by atoms with Crippen LogP contribution >= 0.6 is 0 Å². The highest BCUT2D eigenvalue weighted by Crippen LogP contribution is 2.10. The van der Waals surface area contributed by atoms with Crippen LogP contribution in [0.25, 0.3) is 11.0 Å². The van der Waals surface area contributed by atoms with E-state index in [0.29, 0.717) is 6.54 Å². The molecule has 2 aromatic rings. The minimum Gasteiger partial charge on any atom is -0.395 e. The van der Waals surface area contributed by atoms with Gasteiger partial charge in [-0.3, -0.25) is 0 Å². The maximum absolute atomic E-state index is 11.1. The SMILES string of the molecule is O=c1[nH]c2ccc(CCNC(CO)CO)cc2[nH]1. The predicted molar refractivity (Wildman–Crippen MR) is 68.6 cm³/mol. The Labute approximate surface area is 104 Å². The first-order valence-corrected chi connectivity index (χ1v) is 5.89. The van der Waals surface area contributed by atoms with Crippen LogP contribution in [0, 0.1) is 0 Å². The van der Waals surface area contributed by atoms with Crippen LogP contribution in [0.3, 0.4) is 0 Å². The number of aliphatic hydroxyl groups is 2. The Bertz CT molecular complexity index is 557. The number of nitrogens with one attached hydrogen (secondary N) is 3. The lowest BCUT2D eigenvalue weighted by molar-refractivity contribution is 0.171. The topological polar surface area (TPSA) is 101 Å². The Morgan fingerprint density at radius 2 is 1.89 bits per heavy atom. The van der Waals surface area contributed by atoms with Gasteiger partial charge in [-0.1, -0.05) is 6.07 Å². The molecular formula is C12H17N3O3. The molecule has 1 aromatic carbocycles. The molecule has 0 atom stereocenters. The minimum atomic E-state index is -0.277. The molecule has 0 saturated heterocycles. The first kappa shape index (κ1) is 12.8. The van der Waals surface area contributed by atoms with E-state index in [4.69, 9.17) is 10.2 Å². The van der Waals surface area contributed by atoms with Gasteiger partial charge in [0, 0.05) is 0 Å². The Balaban J connectivity index is 1.97. The van der Waals surface area contributed by atoms with Crippen LogP contribution in [-0.2, 0) is 6.42 Å². The summed E-state index contributed by atoms with van der Waals surface area (Å²) in [5.41, 5.74) is 2.46. The van der Waals surface area contributed by atoms with Crippen molar-refractivity contribution in [2.24, 2.45) is 0 Å². The molecule has 0 amide bonds. The Hall–Kier alpha value is -1.63. The lowest BCUT2D eigenvalue weighted by atomic mass is 10.1. The maximum Gasteiger partial charge on any atom is 0.323 e. The number of fused-ring (bicyclic) bond motifs is 1. The number of imidazole rings is 1. The maximum atomic E-state index is 11.1. The molecule has 0 fully saturated rings. The van der Waals surface area contributed by atoms with Gasteiger partial charge in [0.2, 0.25) is 0 Å². The zero-order valence-electron chi connectivity index (χ0n) is 9.94. The second kappa shape index (κ2) is 5.81. The number of hydrogen-bond acceptors (Lipinski definition) is 4. The van der Waals surface area contributed by atoms with Crippen molar-refractivity contribution in [3.8, 4) is 0 Å². The third-order valence-corrected chi connectivity index (χ3v) is 2.87. The molecule has 1 heterocycles. The summed E-state index contributed by atoms with van der Waals surface area (Å²) in [6.07, 6.45) is 0.764. The fourth-order valence-corrected chi connectivity index (χ4v) is 1.84. The molecule has 2 rings (SSSR count). The van der Waals surface area contributed by atoms with Crippen LogP contribution in [0.1, 0.15) is 5.56 Å². The van der Waals surface area contributed by atoms with E-state index >= 15 is 0 Å². The molecule has 0 aliphatic carbocycles. The molecule has 0 radical (unpaired) electrons. The fraction of sp³-hybridized carbons (Fsp3) is 0.417. The van der Waals surface area contributed by atoms with Crippen molar-refractivity contribution in [1.29, 1.82) is 0 Å². The molecule has 0 saturated carbocycles. The number of aliphatic hydroxyl groups excluding tert-OH is 2. The van der Waals surface area contributed by atoms with E-state index in [-0.39, 0.29) is 24.9 Å². The molecule has 0 aliphatic heterocycles. The quantitative estimate of drug-likeness (QED) is 0.470. The average Bonchev–Trinajstić information content (AvgIpc) is 2.74. The van der Waals surface area contributed by atoms with Crippen LogP contribution in [0.15, 0.2) is 23.0 Å². The van der Waals surface area contributed by atoms with Crippen LogP contribution in [0.4, 0.5) is 0 Å². The summed E-state index contributed by atoms with van der Waals surface area (Å²) in [7, 11) is 0. The van der Waals surface area contributed by atoms with Crippen molar-refractivity contribution in [2.45, 2.75) is 12.5 Å². The van der Waals surface area contributed by atoms with Crippen molar-refractivity contribution in [3.05, 3.63) is 34.2 Å². The van der Waals surface area contributed by atoms with E-state index in [1.165, 1.54) is 0 Å². The van der Waals surface area contributed by atoms with E-state index in [1.54, 1.807) is 0 Å². The number of hydrogen-bond donors (Lipinski definition) is 5. The Kier molecular flexibility index (Phi) is 4.14. The van der Waals surface area contributed by atoms with E-state index in [9.17, 15) is 4.79 Å². The van der Waals surface area contributed by atoms with E-state index in [1.807, 2.05) is 18.2 Å². The second-order valence-electron chi connectivity index (χ2n) is 4.23. The van der Waals surface area contributed by atoms with Gasteiger partial charge in [0.25, 0.3) is 0 Å². The van der Waals surface area contributed by atoms with Crippen molar-refractivity contribution in [1.82, 2.24) is 15.3 Å². The smallest absolute Gasteiger partial charge is 0.323 e. The number of rotatable bonds is 6. The van der Waals surface area contributed by atoms with Crippen molar-refractivity contribution >= 4 is 11.0 Å². The van der Waals surface area contributed by atoms with Gasteiger partial charge in [-0.05, 0) is 30.7 Å². The highest BCUT2D eigenvalue weighted by Gasteiger charge is 2.04. The number of aromatic nitrogens is 2. The van der Waals surface area contributed by atoms with E-state index in [2.05, 4.69) is 15.3 Å². The zero-order chi connectivity index (χ0) is 13.0. The third-order valence-electron chi connectivity index (χ3n) is 2.87. The number of benzene rings is 1. The average molecular weight is 251 g/mol. The van der Waals surface area contributed by atoms with E-state index in [0.717, 1.165) is 23.0 Å². The predicted octanol–water partition coefficient (Wildman–Crippen LogP) is -0.659. The monoisotopic (exact) mass is 251 g/mol. The van der Waals surface area contributed by atoms with Gasteiger partial charge in [-0.2, -0.15) is 0 Å². The van der Waals surface area contributed by atoms with Crippen LogP contribution < -0.4 is 11.0 Å². The summed E-state index contributed by atoms with van der Waals surface area (Å²) >= 11 is 0. The van der Waals surface area contributed by atoms with Gasteiger partial charge in [-0.25, -0.2) is 4.79 Å². The van der Waals surface area contributed by atoms with Crippen LogP contribution in [-0.4, -0.2) is 46.0 Å². The summed E-state index contributed by atoms with van der Waals surface area (Å²) < 4.78 is 0. The molecule has 0 bridgehead atoms.